The molecule has 0 radical (unpaired) electrons. The van der Waals surface area contributed by atoms with E-state index in [1.165, 1.54) is 0 Å². The van der Waals surface area contributed by atoms with Gasteiger partial charge in [0.25, 0.3) is 0 Å². The van der Waals surface area contributed by atoms with Crippen LogP contribution in [0.4, 0.5) is 0 Å². The highest BCUT2D eigenvalue weighted by Gasteiger charge is 2.36. The Labute approximate surface area is 61.6 Å². The molecule has 0 spiro atoms. The summed E-state index contributed by atoms with van der Waals surface area (Å²) in [5.41, 5.74) is 0. The molecular formula is C5H11ClN2Si. The van der Waals surface area contributed by atoms with E-state index in [0.717, 1.165) is 0 Å². The zero-order chi connectivity index (χ0) is 7.07. The van der Waals surface area contributed by atoms with Gasteiger partial charge in [-0.2, -0.15) is 0 Å². The predicted molar refractivity (Wildman–Crippen MR) is 42.1 cm³/mol. The fourth-order valence-electron chi connectivity index (χ4n) is 0.721. The van der Waals surface area contributed by atoms with E-state index in [0.29, 0.717) is 0 Å². The molecular weight excluding hydrogens is 152 g/mol. The molecule has 0 saturated heterocycles. The van der Waals surface area contributed by atoms with Gasteiger partial charge in [-0.1, -0.05) is 0 Å². The minimum Gasteiger partial charge on any atom is -0.377 e. The molecule has 0 fully saturated rings. The van der Waals surface area contributed by atoms with Crippen LogP contribution in [0.15, 0.2) is 12.4 Å². The third kappa shape index (κ3) is 0.945. The van der Waals surface area contributed by atoms with Crippen molar-refractivity contribution >= 4 is 18.8 Å². The number of hydrogen-bond donors (Lipinski definition) is 0. The monoisotopic (exact) mass is 162 g/mol. The van der Waals surface area contributed by atoms with Crippen LogP contribution in [0.1, 0.15) is 0 Å². The molecule has 0 amide bonds. The van der Waals surface area contributed by atoms with Crippen molar-refractivity contribution in [1.82, 2.24) is 9.13 Å². The summed E-state index contributed by atoms with van der Waals surface area (Å²) in [6.45, 7) is 2.09. The van der Waals surface area contributed by atoms with E-state index in [2.05, 4.69) is 15.7 Å². The van der Waals surface area contributed by atoms with Gasteiger partial charge in [-0.25, -0.2) is 0 Å². The Kier molecular flexibility index (Phi) is 1.48. The highest BCUT2D eigenvalue weighted by atomic mass is 35.6. The minimum absolute atomic E-state index is 1.72. The first-order chi connectivity index (χ1) is 4.05. The summed E-state index contributed by atoms with van der Waals surface area (Å²) in [5.74, 6) is 0. The second kappa shape index (κ2) is 1.92. The molecule has 1 aliphatic heterocycles. The standard InChI is InChI=1S/C5H11ClN2Si/c1-7-4-5-8(2)9(7,3)6/h4-5H,1-3H3. The molecule has 9 heavy (non-hydrogen) atoms. The molecule has 0 atom stereocenters. The number of hydrogen-bond acceptors (Lipinski definition) is 2. The van der Waals surface area contributed by atoms with Crippen LogP contribution >= 0.6 is 11.1 Å². The van der Waals surface area contributed by atoms with Gasteiger partial charge < -0.3 is 9.13 Å². The molecule has 1 aliphatic rings. The molecule has 4 heteroatoms. The molecule has 2 nitrogen and oxygen atoms in total. The van der Waals surface area contributed by atoms with Crippen LogP contribution in [0.5, 0.6) is 0 Å². The summed E-state index contributed by atoms with van der Waals surface area (Å²) < 4.78 is 4.18. The van der Waals surface area contributed by atoms with Gasteiger partial charge in [0.1, 0.15) is 0 Å². The maximum Gasteiger partial charge on any atom is 0.361 e. The maximum absolute atomic E-state index is 6.20. The van der Waals surface area contributed by atoms with Crippen LogP contribution in [0.3, 0.4) is 0 Å². The average molecular weight is 163 g/mol. The lowest BCUT2D eigenvalue weighted by molar-refractivity contribution is 0.638. The lowest BCUT2D eigenvalue weighted by Crippen LogP contribution is -2.48. The Hall–Kier alpha value is -0.153. The van der Waals surface area contributed by atoms with Gasteiger partial charge in [-0.3, -0.25) is 0 Å². The largest absolute Gasteiger partial charge is 0.377 e. The second-order valence-corrected chi connectivity index (χ2v) is 7.79. The van der Waals surface area contributed by atoms with Crippen molar-refractivity contribution in [2.45, 2.75) is 6.55 Å². The molecule has 1 heterocycles. The molecule has 0 N–H and O–H groups in total. The highest BCUT2D eigenvalue weighted by molar-refractivity contribution is 7.16. The molecule has 52 valence electrons. The third-order valence-corrected chi connectivity index (χ3v) is 6.27. The first kappa shape index (κ1) is 6.96. The molecule has 0 aromatic rings. The van der Waals surface area contributed by atoms with Crippen molar-refractivity contribution in [2.75, 3.05) is 14.1 Å². The Morgan fingerprint density at radius 1 is 1.22 bits per heavy atom. The van der Waals surface area contributed by atoms with Crippen molar-refractivity contribution in [1.29, 1.82) is 0 Å². The smallest absolute Gasteiger partial charge is 0.361 e. The van der Waals surface area contributed by atoms with E-state index >= 15 is 0 Å². The topological polar surface area (TPSA) is 6.48 Å². The quantitative estimate of drug-likeness (QED) is 0.390. The van der Waals surface area contributed by atoms with E-state index in [1.807, 2.05) is 26.5 Å². The Bertz CT molecular complexity index is 132. The third-order valence-electron chi connectivity index (χ3n) is 1.80. The molecule has 0 aromatic carbocycles. The molecule has 0 unspecified atom stereocenters. The Balaban J connectivity index is 2.76. The summed E-state index contributed by atoms with van der Waals surface area (Å²) in [6, 6.07) is 0. The summed E-state index contributed by atoms with van der Waals surface area (Å²) in [6.07, 6.45) is 4.03. The molecule has 0 aliphatic carbocycles. The van der Waals surface area contributed by atoms with E-state index in [9.17, 15) is 0 Å². The van der Waals surface area contributed by atoms with Crippen LogP contribution < -0.4 is 0 Å². The fraction of sp³-hybridized carbons (Fsp3) is 0.600. The fourth-order valence-corrected chi connectivity index (χ4v) is 2.23. The van der Waals surface area contributed by atoms with Gasteiger partial charge in [-0.05, 0) is 20.6 Å². The average Bonchev–Trinajstić information content (AvgIpc) is 1.96. The predicted octanol–water partition coefficient (Wildman–Crippen LogP) is 1.14. The van der Waals surface area contributed by atoms with Gasteiger partial charge >= 0.3 is 7.71 Å². The van der Waals surface area contributed by atoms with Crippen molar-refractivity contribution in [2.24, 2.45) is 0 Å². The van der Waals surface area contributed by atoms with E-state index in [-0.39, 0.29) is 0 Å². The van der Waals surface area contributed by atoms with Crippen molar-refractivity contribution in [3.8, 4) is 0 Å². The zero-order valence-corrected chi connectivity index (χ0v) is 7.68. The van der Waals surface area contributed by atoms with Gasteiger partial charge in [0.2, 0.25) is 0 Å². The first-order valence-electron chi connectivity index (χ1n) is 2.88. The number of rotatable bonds is 0. The molecule has 1 rings (SSSR count). The number of halogens is 1. The van der Waals surface area contributed by atoms with Crippen molar-refractivity contribution in [3.05, 3.63) is 12.4 Å². The van der Waals surface area contributed by atoms with Crippen molar-refractivity contribution in [3.63, 3.8) is 0 Å². The summed E-state index contributed by atoms with van der Waals surface area (Å²) in [7, 11) is 2.31. The van der Waals surface area contributed by atoms with Crippen LogP contribution in [-0.2, 0) is 0 Å². The summed E-state index contributed by atoms with van der Waals surface area (Å²) >= 11 is 6.20. The van der Waals surface area contributed by atoms with Gasteiger partial charge in [0.05, 0.1) is 0 Å². The molecule has 0 aromatic heterocycles. The lowest BCUT2D eigenvalue weighted by atomic mass is 10.9. The second-order valence-electron chi connectivity index (χ2n) is 2.43. The Morgan fingerprint density at radius 2 is 1.56 bits per heavy atom. The van der Waals surface area contributed by atoms with Gasteiger partial charge in [0.15, 0.2) is 0 Å². The van der Waals surface area contributed by atoms with Gasteiger partial charge in [-0.15, -0.1) is 11.1 Å². The normalized spacial score (nSPS) is 23.6. The van der Waals surface area contributed by atoms with Crippen molar-refractivity contribution < 1.29 is 0 Å². The SMILES string of the molecule is CN1C=CN(C)[Si]1(C)Cl. The maximum atomic E-state index is 6.20. The van der Waals surface area contributed by atoms with E-state index in [1.54, 1.807) is 0 Å². The van der Waals surface area contributed by atoms with Gasteiger partial charge in [0, 0.05) is 12.4 Å². The zero-order valence-electron chi connectivity index (χ0n) is 5.93. The van der Waals surface area contributed by atoms with E-state index < -0.39 is 7.71 Å². The lowest BCUT2D eigenvalue weighted by Gasteiger charge is -2.29. The van der Waals surface area contributed by atoms with Crippen LogP contribution in [0.2, 0.25) is 6.55 Å². The Morgan fingerprint density at radius 3 is 1.67 bits per heavy atom. The molecule has 0 saturated carbocycles. The summed E-state index contributed by atoms with van der Waals surface area (Å²) in [4.78, 5) is 0. The van der Waals surface area contributed by atoms with Crippen LogP contribution in [0, 0.1) is 0 Å². The number of nitrogens with zero attached hydrogens (tertiary/aromatic N) is 2. The minimum atomic E-state index is -1.72. The van der Waals surface area contributed by atoms with Crippen LogP contribution in [-0.4, -0.2) is 30.9 Å². The van der Waals surface area contributed by atoms with E-state index in [4.69, 9.17) is 11.1 Å². The van der Waals surface area contributed by atoms with Crippen LogP contribution in [0.25, 0.3) is 0 Å². The summed E-state index contributed by atoms with van der Waals surface area (Å²) in [5, 5.41) is 0. The first-order valence-corrected chi connectivity index (χ1v) is 6.29. The highest BCUT2D eigenvalue weighted by Crippen LogP contribution is 2.22. The molecule has 0 bridgehead atoms.